The number of carbonyl (C=O) groups is 3. The summed E-state index contributed by atoms with van der Waals surface area (Å²) in [6, 6.07) is 14.3. The van der Waals surface area contributed by atoms with Gasteiger partial charge in [0.2, 0.25) is 17.7 Å². The van der Waals surface area contributed by atoms with Crippen molar-refractivity contribution in [2.45, 2.75) is 83.0 Å². The number of benzene rings is 2. The Hall–Kier alpha value is -3.69. The van der Waals surface area contributed by atoms with Gasteiger partial charge in [0, 0.05) is 56.6 Å². The van der Waals surface area contributed by atoms with Crippen molar-refractivity contribution >= 4 is 28.6 Å². The molecule has 3 amide bonds. The van der Waals surface area contributed by atoms with Crippen LogP contribution in [-0.4, -0.2) is 94.9 Å². The summed E-state index contributed by atoms with van der Waals surface area (Å²) < 4.78 is 0. The van der Waals surface area contributed by atoms with Gasteiger partial charge in [0.15, 0.2) is 0 Å². The quantitative estimate of drug-likeness (QED) is 0.303. The number of aromatic nitrogens is 1. The van der Waals surface area contributed by atoms with E-state index in [0.717, 1.165) is 53.4 Å². The van der Waals surface area contributed by atoms with Crippen molar-refractivity contribution in [1.82, 2.24) is 25.0 Å². The molecule has 5 atom stereocenters. The Kier molecular flexibility index (Phi) is 8.65. The summed E-state index contributed by atoms with van der Waals surface area (Å²) in [4.78, 5) is 52.1. The number of carbonyl (C=O) groups excluding carboxylic acids is 3. The first kappa shape index (κ1) is 32.8. The van der Waals surface area contributed by atoms with Crippen LogP contribution in [0.1, 0.15) is 61.6 Å². The van der Waals surface area contributed by atoms with Crippen molar-refractivity contribution in [3.05, 3.63) is 71.4 Å². The number of hydrogen-bond donors (Lipinski definition) is 3. The predicted molar refractivity (Wildman–Crippen MR) is 186 cm³/mol. The number of β-amino-alcohol motifs (C(OH)–C–C–N with tert-alkyl or cyclic N) is 1. The molecule has 0 spiro atoms. The predicted octanol–water partition coefficient (Wildman–Crippen LogP) is 4.27. The summed E-state index contributed by atoms with van der Waals surface area (Å²) >= 11 is 0. The fourth-order valence-electron chi connectivity index (χ4n) is 10.5. The van der Waals surface area contributed by atoms with E-state index in [9.17, 15) is 19.5 Å². The second-order valence-electron chi connectivity index (χ2n) is 16.1. The third-order valence-electron chi connectivity index (χ3n) is 11.9. The fraction of sp³-hybridized carbons (Fsp3) is 0.564. The van der Waals surface area contributed by atoms with E-state index in [4.69, 9.17) is 0 Å². The summed E-state index contributed by atoms with van der Waals surface area (Å²) in [5, 5.41) is 15.0. The number of likely N-dealkylation sites (N-methyl/N-ethyl adjacent to an activating group) is 1. The summed E-state index contributed by atoms with van der Waals surface area (Å²) in [6.45, 7) is 3.58. The molecule has 2 heterocycles. The minimum atomic E-state index is -0.844. The van der Waals surface area contributed by atoms with Gasteiger partial charge in [-0.2, -0.15) is 0 Å². The SMILES string of the molecule is Cc1ccccc1CN(C)C(=O)C(Cc1c[nH]c2ccccc12)NC(=O)C1C[C@@H](O)CN1C(=O)C12CC3CC(CC(CN(C)C)(C3)C1)C2. The average Bonchev–Trinajstić information content (AvgIpc) is 3.63. The first-order valence-electron chi connectivity index (χ1n) is 17.7. The number of aryl methyl sites for hydroxylation is 1. The van der Waals surface area contributed by atoms with Crippen molar-refractivity contribution in [3.63, 3.8) is 0 Å². The van der Waals surface area contributed by atoms with E-state index in [1.165, 1.54) is 19.3 Å². The molecule has 4 bridgehead atoms. The lowest BCUT2D eigenvalue weighted by molar-refractivity contribution is -0.171. The third kappa shape index (κ3) is 6.15. The van der Waals surface area contributed by atoms with Crippen LogP contribution in [-0.2, 0) is 27.3 Å². The number of amides is 3. The van der Waals surface area contributed by atoms with Crippen molar-refractivity contribution in [2.75, 3.05) is 34.2 Å². The topological polar surface area (TPSA) is 109 Å². The number of fused-ring (bicyclic) bond motifs is 1. The van der Waals surface area contributed by atoms with E-state index >= 15 is 0 Å². The molecular weight excluding hydrogens is 602 g/mol. The Balaban J connectivity index is 1.14. The number of nitrogens with zero attached hydrogens (tertiary/aromatic N) is 3. The van der Waals surface area contributed by atoms with Gasteiger partial charge in [-0.05, 0) is 99.6 Å². The average molecular weight is 654 g/mol. The number of likely N-dealkylation sites (tertiary alicyclic amines) is 1. The number of para-hydroxylation sites is 1. The maximum atomic E-state index is 14.7. The zero-order valence-electron chi connectivity index (χ0n) is 28.9. The van der Waals surface area contributed by atoms with Crippen LogP contribution in [0.2, 0.25) is 0 Å². The van der Waals surface area contributed by atoms with Gasteiger partial charge in [-0.15, -0.1) is 0 Å². The van der Waals surface area contributed by atoms with Crippen LogP contribution in [0.25, 0.3) is 10.9 Å². The van der Waals surface area contributed by atoms with Crippen molar-refractivity contribution in [1.29, 1.82) is 0 Å². The Morgan fingerprint density at radius 1 is 0.979 bits per heavy atom. The lowest BCUT2D eigenvalue weighted by Gasteiger charge is -2.62. The summed E-state index contributed by atoms with van der Waals surface area (Å²) in [5.74, 6) is 0.552. The number of aromatic amines is 1. The molecule has 1 aromatic heterocycles. The molecule has 1 aliphatic heterocycles. The normalized spacial score (nSPS) is 29.8. The van der Waals surface area contributed by atoms with Crippen LogP contribution in [0.4, 0.5) is 0 Å². The van der Waals surface area contributed by atoms with Crippen molar-refractivity contribution in [2.24, 2.45) is 22.7 Å². The summed E-state index contributed by atoms with van der Waals surface area (Å²) in [5.41, 5.74) is 3.71. The fourth-order valence-corrected chi connectivity index (χ4v) is 10.5. The molecule has 48 heavy (non-hydrogen) atoms. The molecule has 5 fully saturated rings. The number of H-pyrrole nitrogens is 1. The minimum absolute atomic E-state index is 0.0348. The molecule has 8 rings (SSSR count). The van der Waals surface area contributed by atoms with Gasteiger partial charge in [0.05, 0.1) is 11.5 Å². The van der Waals surface area contributed by atoms with Gasteiger partial charge in [0.1, 0.15) is 12.1 Å². The number of aliphatic hydroxyl groups excluding tert-OH is 1. The second-order valence-corrected chi connectivity index (χ2v) is 16.1. The van der Waals surface area contributed by atoms with E-state index in [1.54, 1.807) is 16.8 Å². The minimum Gasteiger partial charge on any atom is -0.391 e. The molecule has 2 aromatic carbocycles. The maximum Gasteiger partial charge on any atom is 0.245 e. The molecule has 1 saturated heterocycles. The van der Waals surface area contributed by atoms with Gasteiger partial charge < -0.3 is 30.1 Å². The zero-order valence-corrected chi connectivity index (χ0v) is 28.9. The molecule has 4 unspecified atom stereocenters. The van der Waals surface area contributed by atoms with Crippen molar-refractivity contribution in [3.8, 4) is 0 Å². The monoisotopic (exact) mass is 653 g/mol. The Morgan fingerprint density at radius 3 is 2.42 bits per heavy atom. The summed E-state index contributed by atoms with van der Waals surface area (Å²) in [7, 11) is 6.02. The van der Waals surface area contributed by atoms with Crippen molar-refractivity contribution < 1.29 is 19.5 Å². The van der Waals surface area contributed by atoms with E-state index in [-0.39, 0.29) is 36.1 Å². The van der Waals surface area contributed by atoms with Crippen LogP contribution >= 0.6 is 0 Å². The Labute approximate surface area is 284 Å². The highest BCUT2D eigenvalue weighted by molar-refractivity contribution is 5.94. The standard InChI is InChI=1S/C39H51N5O4/c1-25-9-5-6-10-28(25)21-43(4)36(47)33(14-29-20-40-32-12-8-7-11-31(29)32)41-35(46)34-15-30(45)22-44(34)37(48)39-18-26-13-27(19-39)17-38(16-26,23-39)24-42(2)3/h5-12,20,26-27,30,33-34,40,45H,13-19,21-24H2,1-4H3,(H,41,46)/t26?,27?,30-,33?,34?,38?,39?/m1/s1. The van der Waals surface area contributed by atoms with Crippen LogP contribution in [0.3, 0.4) is 0 Å². The van der Waals surface area contributed by atoms with Crippen LogP contribution < -0.4 is 5.32 Å². The molecule has 5 aliphatic rings. The van der Waals surface area contributed by atoms with Crippen LogP contribution in [0.15, 0.2) is 54.7 Å². The number of hydrogen-bond acceptors (Lipinski definition) is 5. The number of aliphatic hydroxyl groups is 1. The first-order chi connectivity index (χ1) is 22.9. The zero-order chi connectivity index (χ0) is 33.8. The molecule has 9 nitrogen and oxygen atoms in total. The molecule has 3 aromatic rings. The first-order valence-corrected chi connectivity index (χ1v) is 17.7. The molecule has 4 aliphatic carbocycles. The largest absolute Gasteiger partial charge is 0.391 e. The third-order valence-corrected chi connectivity index (χ3v) is 11.9. The van der Waals surface area contributed by atoms with E-state index in [1.807, 2.05) is 61.7 Å². The smallest absolute Gasteiger partial charge is 0.245 e. The molecular formula is C39H51N5O4. The highest BCUT2D eigenvalue weighted by Crippen LogP contribution is 2.66. The number of rotatable bonds is 10. The molecule has 0 radical (unpaired) electrons. The lowest BCUT2D eigenvalue weighted by Crippen LogP contribution is -2.62. The van der Waals surface area contributed by atoms with Gasteiger partial charge >= 0.3 is 0 Å². The van der Waals surface area contributed by atoms with E-state index < -0.39 is 23.6 Å². The highest BCUT2D eigenvalue weighted by Gasteiger charge is 2.62. The van der Waals surface area contributed by atoms with E-state index in [2.05, 4.69) is 29.3 Å². The van der Waals surface area contributed by atoms with Crippen LogP contribution in [0.5, 0.6) is 0 Å². The lowest BCUT2D eigenvalue weighted by atomic mass is 9.43. The Morgan fingerprint density at radius 2 is 1.69 bits per heavy atom. The summed E-state index contributed by atoms with van der Waals surface area (Å²) in [6.07, 6.45) is 7.78. The molecule has 9 heteroatoms. The molecule has 256 valence electrons. The number of nitrogens with one attached hydrogen (secondary N) is 2. The van der Waals surface area contributed by atoms with Gasteiger partial charge in [-0.1, -0.05) is 42.5 Å². The van der Waals surface area contributed by atoms with Gasteiger partial charge in [-0.3, -0.25) is 14.4 Å². The van der Waals surface area contributed by atoms with Gasteiger partial charge in [0.25, 0.3) is 0 Å². The molecule has 4 saturated carbocycles. The second kappa shape index (κ2) is 12.6. The molecule has 3 N–H and O–H groups in total. The van der Waals surface area contributed by atoms with Crippen LogP contribution in [0, 0.1) is 29.6 Å². The Bertz CT molecular complexity index is 1680. The van der Waals surface area contributed by atoms with E-state index in [0.29, 0.717) is 24.8 Å². The maximum absolute atomic E-state index is 14.7. The van der Waals surface area contributed by atoms with Gasteiger partial charge in [-0.25, -0.2) is 0 Å². The highest BCUT2D eigenvalue weighted by atomic mass is 16.3.